The highest BCUT2D eigenvalue weighted by molar-refractivity contribution is 7.99. The minimum atomic E-state index is -0.601. The second-order valence-corrected chi connectivity index (χ2v) is 8.27. The summed E-state index contributed by atoms with van der Waals surface area (Å²) < 4.78 is 0.692. The van der Waals surface area contributed by atoms with Gasteiger partial charge in [-0.15, -0.1) is 11.3 Å². The Morgan fingerprint density at radius 1 is 1.55 bits per heavy atom. The fourth-order valence-corrected chi connectivity index (χ4v) is 4.41. The summed E-state index contributed by atoms with van der Waals surface area (Å²) in [6, 6.07) is 4.13. The van der Waals surface area contributed by atoms with E-state index in [1.165, 1.54) is 30.6 Å². The maximum absolute atomic E-state index is 10.2. The Bertz CT molecular complexity index is 495. The second kappa shape index (κ2) is 9.01. The first-order valence-electron chi connectivity index (χ1n) is 7.63. The Morgan fingerprint density at radius 2 is 2.36 bits per heavy atom. The number of thiophene rings is 1. The van der Waals surface area contributed by atoms with Gasteiger partial charge in [0.05, 0.1) is 10.9 Å². The van der Waals surface area contributed by atoms with Crippen LogP contribution < -0.4 is 10.6 Å². The zero-order valence-electron chi connectivity index (χ0n) is 13.0. The molecule has 3 unspecified atom stereocenters. The van der Waals surface area contributed by atoms with Crippen molar-refractivity contribution in [2.45, 2.75) is 43.6 Å². The second-order valence-electron chi connectivity index (χ2n) is 5.39. The monoisotopic (exact) mass is 361 g/mol. The maximum atomic E-state index is 10.2. The smallest absolute Gasteiger partial charge is 0.191 e. The first-order chi connectivity index (χ1) is 10.6. The molecule has 124 valence electrons. The molecule has 3 atom stereocenters. The van der Waals surface area contributed by atoms with Crippen molar-refractivity contribution in [3.05, 3.63) is 21.3 Å². The number of nitrogens with one attached hydrogen (secondary N) is 2. The molecule has 0 radical (unpaired) electrons. The summed E-state index contributed by atoms with van der Waals surface area (Å²) in [6.45, 7) is 3.20. The van der Waals surface area contributed by atoms with Gasteiger partial charge in [0.15, 0.2) is 5.96 Å². The molecule has 22 heavy (non-hydrogen) atoms. The molecule has 1 heterocycles. The van der Waals surface area contributed by atoms with Crippen LogP contribution in [0, 0.1) is 0 Å². The van der Waals surface area contributed by atoms with Gasteiger partial charge in [-0.25, -0.2) is 0 Å². The topological polar surface area (TPSA) is 56.7 Å². The van der Waals surface area contributed by atoms with Gasteiger partial charge in [0.1, 0.15) is 6.10 Å². The number of rotatable bonds is 6. The Kier molecular flexibility index (Phi) is 7.34. The Morgan fingerprint density at radius 3 is 2.95 bits per heavy atom. The lowest BCUT2D eigenvalue weighted by Crippen LogP contribution is -2.42. The van der Waals surface area contributed by atoms with Crippen LogP contribution in [0.4, 0.5) is 0 Å². The van der Waals surface area contributed by atoms with Crippen LogP contribution in [0.15, 0.2) is 17.1 Å². The molecule has 1 fully saturated rings. The minimum absolute atomic E-state index is 0.338. The van der Waals surface area contributed by atoms with E-state index in [2.05, 4.69) is 21.9 Å². The molecule has 1 aliphatic carbocycles. The van der Waals surface area contributed by atoms with Crippen molar-refractivity contribution in [3.8, 4) is 0 Å². The van der Waals surface area contributed by atoms with Crippen LogP contribution >= 0.6 is 34.7 Å². The number of guanidine groups is 1. The first-order valence-corrected chi connectivity index (χ1v) is 10.1. The fourth-order valence-electron chi connectivity index (χ4n) is 2.57. The predicted molar refractivity (Wildman–Crippen MR) is 98.3 cm³/mol. The maximum Gasteiger partial charge on any atom is 0.191 e. The average molecular weight is 362 g/mol. The zero-order chi connectivity index (χ0) is 15.9. The SMILES string of the molecule is CCNC(=NCC(O)c1ccc(Cl)s1)NC1CCC(SC)C1. The van der Waals surface area contributed by atoms with Crippen molar-refractivity contribution >= 4 is 40.7 Å². The van der Waals surface area contributed by atoms with E-state index in [1.54, 1.807) is 6.07 Å². The summed E-state index contributed by atoms with van der Waals surface area (Å²) in [4.78, 5) is 5.37. The molecule has 0 aromatic carbocycles. The van der Waals surface area contributed by atoms with Crippen molar-refractivity contribution in [2.24, 2.45) is 4.99 Å². The quantitative estimate of drug-likeness (QED) is 0.537. The lowest BCUT2D eigenvalue weighted by atomic mass is 10.2. The van der Waals surface area contributed by atoms with Gasteiger partial charge in [-0.2, -0.15) is 11.8 Å². The third-order valence-corrected chi connectivity index (χ3v) is 6.17. The third-order valence-electron chi connectivity index (χ3n) is 3.75. The number of thioether (sulfide) groups is 1. The Hall–Kier alpha value is -0.430. The average Bonchev–Trinajstić information content (AvgIpc) is 3.13. The van der Waals surface area contributed by atoms with Crippen LogP contribution in [-0.2, 0) is 0 Å². The molecule has 0 spiro atoms. The first kappa shape index (κ1) is 17.9. The van der Waals surface area contributed by atoms with Gasteiger partial charge in [-0.1, -0.05) is 11.6 Å². The van der Waals surface area contributed by atoms with Gasteiger partial charge in [0, 0.05) is 22.7 Å². The molecular formula is C15H24ClN3OS2. The number of nitrogens with zero attached hydrogens (tertiary/aromatic N) is 1. The minimum Gasteiger partial charge on any atom is -0.386 e. The van der Waals surface area contributed by atoms with Crippen LogP contribution in [0.5, 0.6) is 0 Å². The van der Waals surface area contributed by atoms with E-state index in [-0.39, 0.29) is 0 Å². The van der Waals surface area contributed by atoms with Crippen LogP contribution in [0.2, 0.25) is 4.34 Å². The number of aliphatic imine (C=N–C) groups is 1. The summed E-state index contributed by atoms with van der Waals surface area (Å²) >= 11 is 9.25. The number of hydrogen-bond donors (Lipinski definition) is 3. The van der Waals surface area contributed by atoms with Crippen molar-refractivity contribution in [1.82, 2.24) is 10.6 Å². The van der Waals surface area contributed by atoms with E-state index in [0.29, 0.717) is 16.9 Å². The molecule has 2 rings (SSSR count). The standard InChI is InChI=1S/C15H24ClN3OS2/c1-3-17-15(19-10-4-5-11(8-10)21-2)18-9-12(20)13-6-7-14(16)22-13/h6-7,10-12,20H,3-5,8-9H2,1-2H3,(H2,17,18,19). The molecular weight excluding hydrogens is 338 g/mol. The highest BCUT2D eigenvalue weighted by Gasteiger charge is 2.24. The van der Waals surface area contributed by atoms with E-state index in [4.69, 9.17) is 11.6 Å². The van der Waals surface area contributed by atoms with Gasteiger partial charge < -0.3 is 15.7 Å². The van der Waals surface area contributed by atoms with E-state index in [1.807, 2.05) is 24.8 Å². The van der Waals surface area contributed by atoms with E-state index in [9.17, 15) is 5.11 Å². The summed E-state index contributed by atoms with van der Waals surface area (Å²) in [5.74, 6) is 0.788. The van der Waals surface area contributed by atoms with Crippen molar-refractivity contribution in [1.29, 1.82) is 0 Å². The molecule has 3 N–H and O–H groups in total. The van der Waals surface area contributed by atoms with Gasteiger partial charge in [0.2, 0.25) is 0 Å². The van der Waals surface area contributed by atoms with E-state index >= 15 is 0 Å². The van der Waals surface area contributed by atoms with Crippen molar-refractivity contribution in [2.75, 3.05) is 19.3 Å². The Labute approximate surface area is 145 Å². The van der Waals surface area contributed by atoms with E-state index in [0.717, 1.165) is 22.6 Å². The highest BCUT2D eigenvalue weighted by Crippen LogP contribution is 2.28. The molecule has 1 saturated carbocycles. The molecule has 7 heteroatoms. The largest absolute Gasteiger partial charge is 0.386 e. The normalized spacial score (nSPS) is 23.5. The highest BCUT2D eigenvalue weighted by atomic mass is 35.5. The number of hydrogen-bond acceptors (Lipinski definition) is 4. The predicted octanol–water partition coefficient (Wildman–Crippen LogP) is 3.27. The number of aliphatic hydroxyl groups excluding tert-OH is 1. The van der Waals surface area contributed by atoms with Crippen LogP contribution in [0.1, 0.15) is 37.2 Å². The van der Waals surface area contributed by atoms with Gasteiger partial charge in [0.25, 0.3) is 0 Å². The number of halogens is 1. The molecule has 0 bridgehead atoms. The van der Waals surface area contributed by atoms with Crippen LogP contribution in [0.25, 0.3) is 0 Å². The molecule has 1 aromatic rings. The summed E-state index contributed by atoms with van der Waals surface area (Å²) in [6.07, 6.45) is 5.19. The van der Waals surface area contributed by atoms with Gasteiger partial charge in [-0.05, 0) is 44.6 Å². The van der Waals surface area contributed by atoms with Gasteiger partial charge in [-0.3, -0.25) is 4.99 Å². The fraction of sp³-hybridized carbons (Fsp3) is 0.667. The number of aliphatic hydroxyl groups is 1. The van der Waals surface area contributed by atoms with Crippen LogP contribution in [0.3, 0.4) is 0 Å². The zero-order valence-corrected chi connectivity index (χ0v) is 15.4. The van der Waals surface area contributed by atoms with Crippen molar-refractivity contribution in [3.63, 3.8) is 0 Å². The Balaban J connectivity index is 1.89. The summed E-state index contributed by atoms with van der Waals surface area (Å²) in [5, 5.41) is 17.7. The van der Waals surface area contributed by atoms with Crippen molar-refractivity contribution < 1.29 is 5.11 Å². The van der Waals surface area contributed by atoms with Gasteiger partial charge >= 0.3 is 0 Å². The lowest BCUT2D eigenvalue weighted by Gasteiger charge is -2.17. The van der Waals surface area contributed by atoms with E-state index < -0.39 is 6.10 Å². The van der Waals surface area contributed by atoms with Crippen LogP contribution in [-0.4, -0.2) is 41.7 Å². The summed E-state index contributed by atoms with van der Waals surface area (Å²) in [7, 11) is 0. The molecule has 4 nitrogen and oxygen atoms in total. The summed E-state index contributed by atoms with van der Waals surface area (Å²) in [5.41, 5.74) is 0. The third kappa shape index (κ3) is 5.33. The molecule has 1 aliphatic rings. The molecule has 0 aliphatic heterocycles. The lowest BCUT2D eigenvalue weighted by molar-refractivity contribution is 0.191. The molecule has 0 saturated heterocycles. The molecule has 1 aromatic heterocycles. The molecule has 0 amide bonds.